The van der Waals surface area contributed by atoms with Crippen LogP contribution < -0.4 is 0 Å². The Kier molecular flexibility index (Phi) is 5.32. The number of hydrogen-bond donors (Lipinski definition) is 0. The molecule has 3 rings (SSSR count). The van der Waals surface area contributed by atoms with Crippen LogP contribution >= 0.6 is 0 Å². The van der Waals surface area contributed by atoms with Crippen LogP contribution in [0.1, 0.15) is 31.8 Å². The zero-order chi connectivity index (χ0) is 18.5. The summed E-state index contributed by atoms with van der Waals surface area (Å²) < 4.78 is 25.9. The van der Waals surface area contributed by atoms with Gasteiger partial charge in [0.1, 0.15) is 11.6 Å². The first-order valence-electron chi connectivity index (χ1n) is 8.16. The molecular formula is C22H16F2O2. The highest BCUT2D eigenvalue weighted by atomic mass is 19.1. The van der Waals surface area contributed by atoms with Gasteiger partial charge in [-0.25, -0.2) is 8.78 Å². The van der Waals surface area contributed by atoms with Crippen molar-refractivity contribution in [3.63, 3.8) is 0 Å². The topological polar surface area (TPSA) is 34.1 Å². The summed E-state index contributed by atoms with van der Waals surface area (Å²) in [5.74, 6) is -1.01. The van der Waals surface area contributed by atoms with E-state index >= 15 is 0 Å². The molecule has 0 atom stereocenters. The number of ketones is 2. The van der Waals surface area contributed by atoms with Gasteiger partial charge in [0.25, 0.3) is 0 Å². The summed E-state index contributed by atoms with van der Waals surface area (Å²) in [4.78, 5) is 24.6. The lowest BCUT2D eigenvalue weighted by molar-refractivity contribution is 0.0986. The van der Waals surface area contributed by atoms with Gasteiger partial charge in [-0.15, -0.1) is 0 Å². The first-order chi connectivity index (χ1) is 12.5. The predicted octanol–water partition coefficient (Wildman–Crippen LogP) is 4.82. The molecule has 0 saturated carbocycles. The van der Waals surface area contributed by atoms with Crippen molar-refractivity contribution in [1.29, 1.82) is 0 Å². The van der Waals surface area contributed by atoms with Gasteiger partial charge in [-0.1, -0.05) is 24.3 Å². The summed E-state index contributed by atoms with van der Waals surface area (Å²) >= 11 is 0. The summed E-state index contributed by atoms with van der Waals surface area (Å²) in [7, 11) is 0. The van der Waals surface area contributed by atoms with E-state index in [4.69, 9.17) is 0 Å². The Hall–Kier alpha value is -3.14. The van der Waals surface area contributed by atoms with Crippen LogP contribution in [0.3, 0.4) is 0 Å². The molecular weight excluding hydrogens is 334 g/mol. The minimum Gasteiger partial charge on any atom is -0.294 e. The van der Waals surface area contributed by atoms with Crippen LogP contribution in [0.5, 0.6) is 0 Å². The fourth-order valence-electron chi connectivity index (χ4n) is 2.70. The zero-order valence-electron chi connectivity index (χ0n) is 13.9. The Morgan fingerprint density at radius 3 is 1.38 bits per heavy atom. The predicted molar refractivity (Wildman–Crippen MR) is 95.3 cm³/mol. The third kappa shape index (κ3) is 4.48. The van der Waals surface area contributed by atoms with E-state index in [2.05, 4.69) is 0 Å². The Morgan fingerprint density at radius 1 is 0.615 bits per heavy atom. The van der Waals surface area contributed by atoms with Crippen molar-refractivity contribution in [2.45, 2.75) is 12.8 Å². The largest absolute Gasteiger partial charge is 0.294 e. The van der Waals surface area contributed by atoms with Crippen LogP contribution in [0.2, 0.25) is 0 Å². The standard InChI is InChI=1S/C22H16F2O2/c23-19-8-4-17(5-9-19)21(25)13-15-2-1-3-16(12-15)14-22(26)18-6-10-20(24)11-7-18/h1-12H,13-14H2. The van der Waals surface area contributed by atoms with Gasteiger partial charge in [0.15, 0.2) is 11.6 Å². The number of carbonyl (C=O) groups is 2. The molecule has 0 aromatic heterocycles. The maximum atomic E-state index is 12.9. The molecule has 26 heavy (non-hydrogen) atoms. The number of benzene rings is 3. The molecule has 0 amide bonds. The van der Waals surface area contributed by atoms with E-state index in [0.717, 1.165) is 11.1 Å². The molecule has 0 aliphatic rings. The van der Waals surface area contributed by atoms with E-state index in [0.29, 0.717) is 11.1 Å². The fourth-order valence-corrected chi connectivity index (χ4v) is 2.70. The molecule has 0 fully saturated rings. The zero-order valence-corrected chi connectivity index (χ0v) is 13.9. The number of halogens is 2. The maximum absolute atomic E-state index is 12.9. The number of rotatable bonds is 6. The molecule has 0 saturated heterocycles. The number of carbonyl (C=O) groups excluding carboxylic acids is 2. The molecule has 4 heteroatoms. The van der Waals surface area contributed by atoms with E-state index in [9.17, 15) is 18.4 Å². The second-order valence-electron chi connectivity index (χ2n) is 6.03. The van der Waals surface area contributed by atoms with Gasteiger partial charge in [0, 0.05) is 24.0 Å². The first kappa shape index (κ1) is 17.7. The molecule has 3 aromatic carbocycles. The van der Waals surface area contributed by atoms with E-state index in [1.807, 2.05) is 18.2 Å². The lowest BCUT2D eigenvalue weighted by atomic mass is 9.98. The molecule has 0 unspecified atom stereocenters. The fraction of sp³-hybridized carbons (Fsp3) is 0.0909. The van der Waals surface area contributed by atoms with E-state index in [1.54, 1.807) is 6.07 Å². The lowest BCUT2D eigenvalue weighted by Crippen LogP contribution is -2.06. The second kappa shape index (κ2) is 7.83. The van der Waals surface area contributed by atoms with E-state index in [-0.39, 0.29) is 36.0 Å². The van der Waals surface area contributed by atoms with Crippen molar-refractivity contribution in [3.8, 4) is 0 Å². The first-order valence-corrected chi connectivity index (χ1v) is 8.16. The van der Waals surface area contributed by atoms with Crippen molar-refractivity contribution < 1.29 is 18.4 Å². The Labute approximate surface area is 150 Å². The monoisotopic (exact) mass is 350 g/mol. The summed E-state index contributed by atoms with van der Waals surface area (Å²) in [6, 6.07) is 18.1. The smallest absolute Gasteiger partial charge is 0.167 e. The van der Waals surface area contributed by atoms with Crippen molar-refractivity contribution in [2.75, 3.05) is 0 Å². The number of hydrogen-bond acceptors (Lipinski definition) is 2. The normalized spacial score (nSPS) is 10.5. The third-order valence-corrected chi connectivity index (χ3v) is 4.05. The molecule has 0 radical (unpaired) electrons. The van der Waals surface area contributed by atoms with Gasteiger partial charge in [-0.3, -0.25) is 9.59 Å². The Bertz CT molecular complexity index is 854. The molecule has 0 spiro atoms. The van der Waals surface area contributed by atoms with Crippen LogP contribution in [0, 0.1) is 11.6 Å². The van der Waals surface area contributed by atoms with Crippen LogP contribution in [-0.2, 0) is 12.8 Å². The molecule has 0 heterocycles. The molecule has 0 aliphatic heterocycles. The van der Waals surface area contributed by atoms with Gasteiger partial charge in [-0.2, -0.15) is 0 Å². The lowest BCUT2D eigenvalue weighted by Gasteiger charge is -2.06. The van der Waals surface area contributed by atoms with E-state index < -0.39 is 0 Å². The van der Waals surface area contributed by atoms with Gasteiger partial charge in [0.05, 0.1) is 0 Å². The molecule has 0 bridgehead atoms. The van der Waals surface area contributed by atoms with Gasteiger partial charge in [-0.05, 0) is 59.7 Å². The average molecular weight is 350 g/mol. The molecule has 130 valence electrons. The minimum absolute atomic E-state index is 0.119. The summed E-state index contributed by atoms with van der Waals surface area (Å²) in [5, 5.41) is 0. The molecule has 0 aliphatic carbocycles. The highest BCUT2D eigenvalue weighted by Crippen LogP contribution is 2.13. The Balaban J connectivity index is 1.69. The Morgan fingerprint density at radius 2 is 1.00 bits per heavy atom. The highest BCUT2D eigenvalue weighted by molar-refractivity contribution is 5.98. The minimum atomic E-state index is -0.386. The second-order valence-corrected chi connectivity index (χ2v) is 6.03. The summed E-state index contributed by atoms with van der Waals surface area (Å²) in [6.45, 7) is 0. The quantitative estimate of drug-likeness (QED) is 0.598. The van der Waals surface area contributed by atoms with Crippen molar-refractivity contribution in [1.82, 2.24) is 0 Å². The van der Waals surface area contributed by atoms with Gasteiger partial charge < -0.3 is 0 Å². The number of Topliss-reactive ketones (excluding diaryl/α,β-unsaturated/α-hetero) is 2. The van der Waals surface area contributed by atoms with Crippen molar-refractivity contribution in [3.05, 3.63) is 107 Å². The summed E-state index contributed by atoms with van der Waals surface area (Å²) in [5.41, 5.74) is 2.45. The molecule has 2 nitrogen and oxygen atoms in total. The van der Waals surface area contributed by atoms with Crippen LogP contribution in [-0.4, -0.2) is 11.6 Å². The van der Waals surface area contributed by atoms with Gasteiger partial charge in [0.2, 0.25) is 0 Å². The summed E-state index contributed by atoms with van der Waals surface area (Å²) in [6.07, 6.45) is 0.342. The maximum Gasteiger partial charge on any atom is 0.167 e. The van der Waals surface area contributed by atoms with Crippen LogP contribution in [0.4, 0.5) is 8.78 Å². The SMILES string of the molecule is O=C(Cc1cccc(CC(=O)c2ccc(F)cc2)c1)c1ccc(F)cc1. The van der Waals surface area contributed by atoms with Crippen molar-refractivity contribution >= 4 is 11.6 Å². The van der Waals surface area contributed by atoms with Gasteiger partial charge >= 0.3 is 0 Å². The van der Waals surface area contributed by atoms with E-state index in [1.165, 1.54) is 48.5 Å². The van der Waals surface area contributed by atoms with Crippen LogP contribution in [0.15, 0.2) is 72.8 Å². The van der Waals surface area contributed by atoms with Crippen molar-refractivity contribution in [2.24, 2.45) is 0 Å². The van der Waals surface area contributed by atoms with Crippen LogP contribution in [0.25, 0.3) is 0 Å². The molecule has 0 N–H and O–H groups in total. The average Bonchev–Trinajstić information content (AvgIpc) is 2.63. The molecule has 3 aromatic rings. The third-order valence-electron chi connectivity index (χ3n) is 4.05. The highest BCUT2D eigenvalue weighted by Gasteiger charge is 2.10.